The van der Waals surface area contributed by atoms with Crippen molar-refractivity contribution >= 4 is 21.7 Å². The molecule has 0 fully saturated rings. The van der Waals surface area contributed by atoms with Crippen molar-refractivity contribution in [2.75, 3.05) is 5.32 Å². The van der Waals surface area contributed by atoms with Crippen LogP contribution in [-0.2, 0) is 17.0 Å². The van der Waals surface area contributed by atoms with Crippen LogP contribution in [0.25, 0.3) is 6.08 Å². The second-order valence-corrected chi connectivity index (χ2v) is 8.72. The fourth-order valence-electron chi connectivity index (χ4n) is 3.08. The van der Waals surface area contributed by atoms with Gasteiger partial charge in [0, 0.05) is 36.6 Å². The average Bonchev–Trinajstić information content (AvgIpc) is 2.88. The zero-order valence-corrected chi connectivity index (χ0v) is 16.4. The molecule has 0 aromatic carbocycles. The molecule has 2 aromatic rings. The topological polar surface area (TPSA) is 127 Å². The zero-order chi connectivity index (χ0) is 20.6. The van der Waals surface area contributed by atoms with E-state index in [4.69, 9.17) is 10.0 Å². The lowest BCUT2D eigenvalue weighted by atomic mass is 10.0. The maximum absolute atomic E-state index is 13.6. The summed E-state index contributed by atoms with van der Waals surface area (Å²) in [7, 11) is -1.62. The van der Waals surface area contributed by atoms with E-state index in [1.54, 1.807) is 30.0 Å². The predicted octanol–water partition coefficient (Wildman–Crippen LogP) is 2.50. The molecule has 3 rings (SSSR count). The van der Waals surface area contributed by atoms with E-state index in [1.165, 1.54) is 6.07 Å². The number of pyridine rings is 1. The SMILES string of the molecule is CC(C)[C@@H]1C=Cc2c(cn(C)c2C(O)Nc2cc(F)nc(C#N)c2)S(=N)(=O)N1. The Labute approximate surface area is 162 Å². The van der Waals surface area contributed by atoms with Gasteiger partial charge in [0.2, 0.25) is 5.95 Å². The number of nitriles is 1. The second-order valence-electron chi connectivity index (χ2n) is 6.93. The van der Waals surface area contributed by atoms with E-state index in [-0.39, 0.29) is 28.2 Å². The number of aryl methyl sites for hydroxylation is 1. The van der Waals surface area contributed by atoms with Crippen LogP contribution >= 0.6 is 0 Å². The molecule has 0 saturated carbocycles. The number of aromatic nitrogens is 2. The Hall–Kier alpha value is -2.74. The Bertz CT molecular complexity index is 1080. The summed E-state index contributed by atoms with van der Waals surface area (Å²) in [5.41, 5.74) is 0.883. The number of halogens is 1. The van der Waals surface area contributed by atoms with Crippen LogP contribution in [0.5, 0.6) is 0 Å². The van der Waals surface area contributed by atoms with Gasteiger partial charge in [-0.15, -0.1) is 0 Å². The first kappa shape index (κ1) is 20.0. The minimum atomic E-state index is -3.28. The van der Waals surface area contributed by atoms with Gasteiger partial charge < -0.3 is 15.0 Å². The van der Waals surface area contributed by atoms with Gasteiger partial charge in [0.05, 0.1) is 10.6 Å². The third kappa shape index (κ3) is 3.77. The molecule has 1 aliphatic rings. The number of nitrogens with zero attached hydrogens (tertiary/aromatic N) is 3. The second kappa shape index (κ2) is 7.35. The van der Waals surface area contributed by atoms with E-state index in [2.05, 4.69) is 15.0 Å². The van der Waals surface area contributed by atoms with E-state index in [9.17, 15) is 13.7 Å². The molecule has 3 atom stereocenters. The maximum atomic E-state index is 13.6. The first-order valence-electron chi connectivity index (χ1n) is 8.58. The summed E-state index contributed by atoms with van der Waals surface area (Å²) >= 11 is 0. The summed E-state index contributed by atoms with van der Waals surface area (Å²) in [5.74, 6) is -0.728. The molecule has 0 bridgehead atoms. The number of anilines is 1. The highest BCUT2D eigenvalue weighted by molar-refractivity contribution is 7.90. The van der Waals surface area contributed by atoms with Crippen LogP contribution in [0.1, 0.15) is 37.0 Å². The number of fused-ring (bicyclic) bond motifs is 1. The van der Waals surface area contributed by atoms with Gasteiger partial charge in [0.1, 0.15) is 21.7 Å². The molecule has 2 unspecified atom stereocenters. The fraction of sp³-hybridized carbons (Fsp3) is 0.333. The molecular weight excluding hydrogens is 383 g/mol. The Morgan fingerprint density at radius 1 is 1.50 bits per heavy atom. The molecule has 28 heavy (non-hydrogen) atoms. The van der Waals surface area contributed by atoms with Crippen LogP contribution in [0.2, 0.25) is 0 Å². The minimum absolute atomic E-state index is 0.121. The van der Waals surface area contributed by atoms with Crippen LogP contribution in [0.4, 0.5) is 10.1 Å². The highest BCUT2D eigenvalue weighted by atomic mass is 32.2. The molecule has 8 nitrogen and oxygen atoms in total. The highest BCUT2D eigenvalue weighted by Gasteiger charge is 2.29. The van der Waals surface area contributed by atoms with Gasteiger partial charge in [-0.25, -0.2) is 18.7 Å². The smallest absolute Gasteiger partial charge is 0.216 e. The normalized spacial score (nSPS) is 22.4. The predicted molar refractivity (Wildman–Crippen MR) is 103 cm³/mol. The molecule has 4 N–H and O–H groups in total. The van der Waals surface area contributed by atoms with Crippen molar-refractivity contribution in [2.24, 2.45) is 13.0 Å². The van der Waals surface area contributed by atoms with Gasteiger partial charge in [-0.2, -0.15) is 9.65 Å². The number of nitrogens with one attached hydrogen (secondary N) is 3. The third-order valence-corrected chi connectivity index (χ3v) is 6.05. The van der Waals surface area contributed by atoms with E-state index in [0.29, 0.717) is 11.3 Å². The molecule has 0 radical (unpaired) electrons. The van der Waals surface area contributed by atoms with E-state index in [0.717, 1.165) is 6.07 Å². The van der Waals surface area contributed by atoms with Gasteiger partial charge in [-0.3, -0.25) is 0 Å². The first-order chi connectivity index (χ1) is 13.1. The lowest BCUT2D eigenvalue weighted by molar-refractivity contribution is 0.199. The van der Waals surface area contributed by atoms with Crippen molar-refractivity contribution in [1.29, 1.82) is 10.0 Å². The molecule has 0 saturated heterocycles. The average molecular weight is 404 g/mol. The van der Waals surface area contributed by atoms with Gasteiger partial charge in [0.15, 0.2) is 6.23 Å². The van der Waals surface area contributed by atoms with Crippen molar-refractivity contribution in [3.05, 3.63) is 47.3 Å². The van der Waals surface area contributed by atoms with Crippen molar-refractivity contribution in [3.8, 4) is 6.07 Å². The summed E-state index contributed by atoms with van der Waals surface area (Å²) < 4.78 is 39.2. The van der Waals surface area contributed by atoms with Crippen LogP contribution in [0, 0.1) is 28.0 Å². The Morgan fingerprint density at radius 2 is 2.21 bits per heavy atom. The van der Waals surface area contributed by atoms with Crippen molar-refractivity contribution in [1.82, 2.24) is 14.3 Å². The maximum Gasteiger partial charge on any atom is 0.216 e. The highest BCUT2D eigenvalue weighted by Crippen LogP contribution is 2.32. The molecule has 0 amide bonds. The summed E-state index contributed by atoms with van der Waals surface area (Å²) in [6.07, 6.45) is 3.81. The summed E-state index contributed by atoms with van der Waals surface area (Å²) in [6.45, 7) is 3.91. The Balaban J connectivity index is 2.03. The third-order valence-electron chi connectivity index (χ3n) is 4.50. The van der Waals surface area contributed by atoms with Gasteiger partial charge in [-0.1, -0.05) is 26.0 Å². The lowest BCUT2D eigenvalue weighted by Crippen LogP contribution is -2.35. The molecule has 2 aromatic heterocycles. The number of rotatable bonds is 4. The molecule has 0 spiro atoms. The number of aliphatic hydroxyl groups is 1. The van der Waals surface area contributed by atoms with Crippen LogP contribution < -0.4 is 10.0 Å². The van der Waals surface area contributed by atoms with Crippen LogP contribution in [-0.4, -0.2) is 24.9 Å². The largest absolute Gasteiger partial charge is 0.368 e. The summed E-state index contributed by atoms with van der Waals surface area (Å²) in [5, 5.41) is 22.4. The van der Waals surface area contributed by atoms with Crippen molar-refractivity contribution in [3.63, 3.8) is 0 Å². The molecule has 10 heteroatoms. The van der Waals surface area contributed by atoms with E-state index < -0.39 is 22.1 Å². The first-order valence-corrected chi connectivity index (χ1v) is 10.1. The van der Waals surface area contributed by atoms with Crippen molar-refractivity contribution in [2.45, 2.75) is 31.0 Å². The Kier molecular flexibility index (Phi) is 5.25. The van der Waals surface area contributed by atoms with Crippen LogP contribution in [0.15, 0.2) is 29.3 Å². The van der Waals surface area contributed by atoms with Gasteiger partial charge >= 0.3 is 0 Å². The molecule has 1 aliphatic heterocycles. The minimum Gasteiger partial charge on any atom is -0.368 e. The Morgan fingerprint density at radius 3 is 2.86 bits per heavy atom. The standard InChI is InChI=1S/C18H21FN6O2S/c1-10(2)14-5-4-13-15(28(21,27)24-14)9-25(3)17(13)18(26)23-11-6-12(8-20)22-16(19)7-11/h4-7,9-10,14,18,26H,1-3H3,(H,22,23)(H2,21,24,27)/t14-,18?,28?/m0/s1. The monoisotopic (exact) mass is 404 g/mol. The lowest BCUT2D eigenvalue weighted by Gasteiger charge is -2.18. The molecule has 3 heterocycles. The van der Waals surface area contributed by atoms with Crippen molar-refractivity contribution < 1.29 is 13.7 Å². The van der Waals surface area contributed by atoms with Gasteiger partial charge in [0.25, 0.3) is 0 Å². The summed E-state index contributed by atoms with van der Waals surface area (Å²) in [6, 6.07) is 3.87. The quantitative estimate of drug-likeness (QED) is 0.460. The number of hydrogen-bond donors (Lipinski definition) is 4. The molecule has 0 aliphatic carbocycles. The number of aliphatic hydroxyl groups excluding tert-OH is 1. The molecule has 148 valence electrons. The van der Waals surface area contributed by atoms with E-state index in [1.807, 2.05) is 19.9 Å². The zero-order valence-electron chi connectivity index (χ0n) is 15.6. The molecular formula is C18H21FN6O2S. The van der Waals surface area contributed by atoms with E-state index >= 15 is 0 Å². The van der Waals surface area contributed by atoms with Crippen LogP contribution in [0.3, 0.4) is 0 Å². The van der Waals surface area contributed by atoms with Gasteiger partial charge in [-0.05, 0) is 12.0 Å². The summed E-state index contributed by atoms with van der Waals surface area (Å²) in [4.78, 5) is 3.70. The fourth-order valence-corrected chi connectivity index (χ4v) is 4.73. The number of hydrogen-bond acceptors (Lipinski definition) is 6.